The zero-order chi connectivity index (χ0) is 20.8. The van der Waals surface area contributed by atoms with Crippen molar-refractivity contribution in [3.63, 3.8) is 0 Å². The van der Waals surface area contributed by atoms with Gasteiger partial charge < -0.3 is 10.6 Å². The average Bonchev–Trinajstić information content (AvgIpc) is 2.71. The second-order valence-corrected chi connectivity index (χ2v) is 6.75. The van der Waals surface area contributed by atoms with Gasteiger partial charge in [0.05, 0.1) is 5.56 Å². The fourth-order valence-electron chi connectivity index (χ4n) is 3.00. The number of allylic oxidation sites excluding steroid dienone is 1. The molecule has 2 amide bonds. The Bertz CT molecular complexity index is 1050. The highest BCUT2D eigenvalue weighted by molar-refractivity contribution is 6.05. The number of nitrogens with zero attached hydrogens (tertiary/aromatic N) is 1. The first-order chi connectivity index (χ1) is 14.0. The van der Waals surface area contributed by atoms with E-state index >= 15 is 0 Å². The molecule has 0 radical (unpaired) electrons. The Labute approximate surface area is 170 Å². The van der Waals surface area contributed by atoms with Gasteiger partial charge in [0.2, 0.25) is 5.91 Å². The van der Waals surface area contributed by atoms with E-state index < -0.39 is 0 Å². The summed E-state index contributed by atoms with van der Waals surface area (Å²) in [4.78, 5) is 28.6. The first-order valence-electron chi connectivity index (χ1n) is 9.34. The number of para-hydroxylation sites is 1. The maximum Gasteiger partial charge on any atom is 0.257 e. The van der Waals surface area contributed by atoms with E-state index in [0.717, 1.165) is 27.9 Å². The van der Waals surface area contributed by atoms with Crippen LogP contribution in [0.1, 0.15) is 28.4 Å². The summed E-state index contributed by atoms with van der Waals surface area (Å²) >= 11 is 0. The number of carbonyl (C=O) groups excluding carboxylic acids is 2. The van der Waals surface area contributed by atoms with Crippen molar-refractivity contribution in [2.24, 2.45) is 0 Å². The van der Waals surface area contributed by atoms with Crippen molar-refractivity contribution >= 4 is 23.2 Å². The van der Waals surface area contributed by atoms with Gasteiger partial charge in [0, 0.05) is 29.3 Å². The number of amides is 2. The van der Waals surface area contributed by atoms with Crippen LogP contribution in [-0.4, -0.2) is 16.8 Å². The van der Waals surface area contributed by atoms with Gasteiger partial charge in [-0.2, -0.15) is 0 Å². The molecule has 0 aliphatic carbocycles. The van der Waals surface area contributed by atoms with E-state index in [0.29, 0.717) is 11.3 Å². The van der Waals surface area contributed by atoms with Gasteiger partial charge in [-0.15, -0.1) is 0 Å². The molecule has 5 nitrogen and oxygen atoms in total. The molecular weight excluding hydrogens is 362 g/mol. The molecule has 29 heavy (non-hydrogen) atoms. The summed E-state index contributed by atoms with van der Waals surface area (Å²) in [5, 5.41) is 5.77. The van der Waals surface area contributed by atoms with Crippen molar-refractivity contribution in [1.29, 1.82) is 0 Å². The molecule has 0 bridgehead atoms. The SMILES string of the molecule is C/C=C/C(=O)Nc1ccc(-c2cncc(C(=O)Nc3c(C)cccc3C)c2)cc1. The number of anilines is 2. The summed E-state index contributed by atoms with van der Waals surface area (Å²) < 4.78 is 0. The number of hydrogen-bond acceptors (Lipinski definition) is 3. The van der Waals surface area contributed by atoms with Crippen molar-refractivity contribution < 1.29 is 9.59 Å². The van der Waals surface area contributed by atoms with Crippen molar-refractivity contribution in [3.05, 3.63) is 89.8 Å². The summed E-state index contributed by atoms with van der Waals surface area (Å²) in [6, 6.07) is 15.1. The molecule has 0 saturated carbocycles. The highest BCUT2D eigenvalue weighted by Crippen LogP contribution is 2.24. The summed E-state index contributed by atoms with van der Waals surface area (Å²) in [5.74, 6) is -0.376. The standard InChI is InChI=1S/C24H23N3O2/c1-4-6-22(28)26-21-11-9-18(10-12-21)19-13-20(15-25-14-19)24(29)27-23-16(2)7-5-8-17(23)3/h4-15H,1-3H3,(H,26,28)(H,27,29)/b6-4+. The van der Waals surface area contributed by atoms with Gasteiger partial charge in [0.1, 0.15) is 0 Å². The molecule has 0 atom stereocenters. The summed E-state index contributed by atoms with van der Waals surface area (Å²) in [7, 11) is 0. The lowest BCUT2D eigenvalue weighted by molar-refractivity contribution is -0.111. The van der Waals surface area contributed by atoms with Gasteiger partial charge >= 0.3 is 0 Å². The number of hydrogen-bond donors (Lipinski definition) is 2. The number of pyridine rings is 1. The highest BCUT2D eigenvalue weighted by Gasteiger charge is 2.11. The molecule has 3 aromatic rings. The van der Waals surface area contributed by atoms with Crippen molar-refractivity contribution in [2.75, 3.05) is 10.6 Å². The van der Waals surface area contributed by atoms with Crippen LogP contribution in [0, 0.1) is 13.8 Å². The molecule has 0 aliphatic heterocycles. The lowest BCUT2D eigenvalue weighted by Gasteiger charge is -2.12. The van der Waals surface area contributed by atoms with Crippen molar-refractivity contribution in [2.45, 2.75) is 20.8 Å². The Morgan fingerprint density at radius 2 is 1.59 bits per heavy atom. The Balaban J connectivity index is 1.79. The van der Waals surface area contributed by atoms with Gasteiger partial charge in [-0.25, -0.2) is 0 Å². The highest BCUT2D eigenvalue weighted by atomic mass is 16.2. The Morgan fingerprint density at radius 1 is 0.897 bits per heavy atom. The largest absolute Gasteiger partial charge is 0.323 e. The third-order valence-corrected chi connectivity index (χ3v) is 4.52. The van der Waals surface area contributed by atoms with Crippen LogP contribution in [0.3, 0.4) is 0 Å². The van der Waals surface area contributed by atoms with E-state index in [4.69, 9.17) is 0 Å². The number of carbonyl (C=O) groups is 2. The molecule has 0 spiro atoms. The molecule has 0 aliphatic rings. The average molecular weight is 385 g/mol. The lowest BCUT2D eigenvalue weighted by atomic mass is 10.0. The molecule has 0 saturated heterocycles. The smallest absolute Gasteiger partial charge is 0.257 e. The zero-order valence-electron chi connectivity index (χ0n) is 16.7. The number of aromatic nitrogens is 1. The van der Waals surface area contributed by atoms with E-state index in [9.17, 15) is 9.59 Å². The minimum Gasteiger partial charge on any atom is -0.323 e. The Hall–Kier alpha value is -3.73. The van der Waals surface area contributed by atoms with Crippen LogP contribution in [0.15, 0.2) is 73.1 Å². The van der Waals surface area contributed by atoms with E-state index in [2.05, 4.69) is 15.6 Å². The third-order valence-electron chi connectivity index (χ3n) is 4.52. The number of aryl methyl sites for hydroxylation is 2. The maximum absolute atomic E-state index is 12.7. The molecule has 5 heteroatoms. The lowest BCUT2D eigenvalue weighted by Crippen LogP contribution is -2.14. The van der Waals surface area contributed by atoms with Gasteiger partial charge in [0.15, 0.2) is 0 Å². The normalized spacial score (nSPS) is 10.7. The predicted octanol–water partition coefficient (Wildman–Crippen LogP) is 5.13. The van der Waals surface area contributed by atoms with Crippen LogP contribution < -0.4 is 10.6 Å². The second kappa shape index (κ2) is 8.97. The topological polar surface area (TPSA) is 71.1 Å². The second-order valence-electron chi connectivity index (χ2n) is 6.75. The van der Waals surface area contributed by atoms with Crippen LogP contribution in [0.25, 0.3) is 11.1 Å². The molecule has 146 valence electrons. The number of benzene rings is 2. The number of nitrogens with one attached hydrogen (secondary N) is 2. The fourth-order valence-corrected chi connectivity index (χ4v) is 3.00. The maximum atomic E-state index is 12.7. The first kappa shape index (κ1) is 20.0. The minimum atomic E-state index is -0.202. The fraction of sp³-hybridized carbons (Fsp3) is 0.125. The van der Waals surface area contributed by atoms with Gasteiger partial charge in [-0.05, 0) is 61.7 Å². The molecule has 3 rings (SSSR count). The monoisotopic (exact) mass is 385 g/mol. The number of rotatable bonds is 5. The van der Waals surface area contributed by atoms with E-state index in [1.807, 2.05) is 62.4 Å². The first-order valence-corrected chi connectivity index (χ1v) is 9.34. The molecule has 2 N–H and O–H groups in total. The van der Waals surface area contributed by atoms with Gasteiger partial charge in [-0.3, -0.25) is 14.6 Å². The zero-order valence-corrected chi connectivity index (χ0v) is 16.7. The molecule has 1 heterocycles. The van der Waals surface area contributed by atoms with Crippen LogP contribution in [-0.2, 0) is 4.79 Å². The van der Waals surface area contributed by atoms with E-state index in [1.54, 1.807) is 25.4 Å². The third kappa shape index (κ3) is 4.96. The van der Waals surface area contributed by atoms with Crippen molar-refractivity contribution in [1.82, 2.24) is 4.98 Å². The summed E-state index contributed by atoms with van der Waals surface area (Å²) in [6.07, 6.45) is 6.42. The van der Waals surface area contributed by atoms with Crippen LogP contribution >= 0.6 is 0 Å². The van der Waals surface area contributed by atoms with Gasteiger partial charge in [-0.1, -0.05) is 36.4 Å². The molecule has 2 aromatic carbocycles. The molecule has 0 unspecified atom stereocenters. The van der Waals surface area contributed by atoms with Crippen LogP contribution in [0.2, 0.25) is 0 Å². The summed E-state index contributed by atoms with van der Waals surface area (Å²) in [6.45, 7) is 5.72. The van der Waals surface area contributed by atoms with E-state index in [-0.39, 0.29) is 11.8 Å². The van der Waals surface area contributed by atoms with Crippen LogP contribution in [0.5, 0.6) is 0 Å². The molecular formula is C24H23N3O2. The Kier molecular flexibility index (Phi) is 6.19. The quantitative estimate of drug-likeness (QED) is 0.598. The molecule has 0 fully saturated rings. The van der Waals surface area contributed by atoms with E-state index in [1.165, 1.54) is 6.08 Å². The van der Waals surface area contributed by atoms with Gasteiger partial charge in [0.25, 0.3) is 5.91 Å². The molecule has 1 aromatic heterocycles. The predicted molar refractivity (Wildman–Crippen MR) is 117 cm³/mol. The minimum absolute atomic E-state index is 0.174. The van der Waals surface area contributed by atoms with Crippen molar-refractivity contribution in [3.8, 4) is 11.1 Å². The Morgan fingerprint density at radius 3 is 2.24 bits per heavy atom. The summed E-state index contributed by atoms with van der Waals surface area (Å²) in [5.41, 5.74) is 5.76. The van der Waals surface area contributed by atoms with Crippen LogP contribution in [0.4, 0.5) is 11.4 Å².